The monoisotopic (exact) mass is 445 g/mol. The van der Waals surface area contributed by atoms with Gasteiger partial charge in [-0.05, 0) is 29.8 Å². The van der Waals surface area contributed by atoms with Crippen molar-refractivity contribution in [3.63, 3.8) is 0 Å². The third-order valence-corrected chi connectivity index (χ3v) is 5.69. The number of pyridine rings is 2. The van der Waals surface area contributed by atoms with Crippen molar-refractivity contribution in [1.82, 2.24) is 15.3 Å². The largest absolute Gasteiger partial charge is 0.395 e. The highest BCUT2D eigenvalue weighted by Crippen LogP contribution is 2.36. The number of nitrogens with one attached hydrogen (secondary N) is 1. The Balaban J connectivity index is 1.64. The lowest BCUT2D eigenvalue weighted by molar-refractivity contribution is 0.0945. The number of benzene rings is 3. The summed E-state index contributed by atoms with van der Waals surface area (Å²) >= 11 is 0. The van der Waals surface area contributed by atoms with Crippen LogP contribution < -0.4 is 5.32 Å². The smallest absolute Gasteiger partial charge is 0.251 e. The summed E-state index contributed by atoms with van der Waals surface area (Å²) in [5.41, 5.74) is 7.20. The number of aliphatic hydroxyl groups excluding tert-OH is 1. The molecule has 2 aromatic heterocycles. The number of aliphatic hydroxyl groups is 1. The van der Waals surface area contributed by atoms with Gasteiger partial charge in [0.15, 0.2) is 0 Å². The minimum absolute atomic E-state index is 0.0918. The average Bonchev–Trinajstić information content (AvgIpc) is 2.91. The zero-order valence-electron chi connectivity index (χ0n) is 18.5. The van der Waals surface area contributed by atoms with Gasteiger partial charge in [0.1, 0.15) is 0 Å². The lowest BCUT2D eigenvalue weighted by Crippen LogP contribution is -2.26. The fourth-order valence-corrected chi connectivity index (χ4v) is 4.03. The molecule has 5 rings (SSSR count). The van der Waals surface area contributed by atoms with Gasteiger partial charge in [-0.25, -0.2) is 4.98 Å². The molecule has 0 fully saturated rings. The zero-order valence-corrected chi connectivity index (χ0v) is 18.5. The van der Waals surface area contributed by atoms with Crippen LogP contribution in [0.15, 0.2) is 103 Å². The Morgan fingerprint density at radius 2 is 1.41 bits per heavy atom. The van der Waals surface area contributed by atoms with Crippen LogP contribution in [0.4, 0.5) is 0 Å². The first-order chi connectivity index (χ1) is 16.7. The Labute approximate surface area is 197 Å². The van der Waals surface area contributed by atoms with Crippen LogP contribution in [0.25, 0.3) is 44.5 Å². The molecule has 0 saturated heterocycles. The number of nitrogens with zero attached hydrogens (tertiary/aromatic N) is 2. The predicted octanol–water partition coefficient (Wildman–Crippen LogP) is 5.35. The standard InChI is InChI=1S/C29H23N3O2/c33-18-17-31-29(34)23-13-11-22(12-14-23)27-25-19-24(20-7-3-1-4-8-20)28(21-9-5-2-6-10-21)32-26(25)15-16-30-27/h1-16,19,33H,17-18H2,(H,31,34). The number of carbonyl (C=O) groups excluding carboxylic acids is 1. The SMILES string of the molecule is O=C(NCCO)c1ccc(-c2nccc3nc(-c4ccccc4)c(-c4ccccc4)cc23)cc1. The molecule has 0 aliphatic carbocycles. The predicted molar refractivity (Wildman–Crippen MR) is 135 cm³/mol. The van der Waals surface area contributed by atoms with E-state index in [1.807, 2.05) is 54.6 Å². The Morgan fingerprint density at radius 3 is 2.09 bits per heavy atom. The average molecular weight is 446 g/mol. The number of rotatable bonds is 6. The highest BCUT2D eigenvalue weighted by Gasteiger charge is 2.15. The van der Waals surface area contributed by atoms with E-state index in [-0.39, 0.29) is 19.1 Å². The summed E-state index contributed by atoms with van der Waals surface area (Å²) in [6, 6.07) is 31.8. The van der Waals surface area contributed by atoms with Gasteiger partial charge in [-0.2, -0.15) is 0 Å². The number of carbonyl (C=O) groups is 1. The first-order valence-electron chi connectivity index (χ1n) is 11.1. The van der Waals surface area contributed by atoms with Crippen molar-refractivity contribution < 1.29 is 9.90 Å². The summed E-state index contributed by atoms with van der Waals surface area (Å²) in [6.45, 7) is 0.134. The first kappa shape index (κ1) is 21.5. The highest BCUT2D eigenvalue weighted by atomic mass is 16.3. The van der Waals surface area contributed by atoms with Gasteiger partial charge >= 0.3 is 0 Å². The molecule has 0 saturated carbocycles. The molecule has 2 N–H and O–H groups in total. The van der Waals surface area contributed by atoms with Crippen LogP contribution in [0.5, 0.6) is 0 Å². The van der Waals surface area contributed by atoms with Gasteiger partial charge in [0.2, 0.25) is 0 Å². The Bertz CT molecular complexity index is 1430. The normalized spacial score (nSPS) is 10.9. The second-order valence-electron chi connectivity index (χ2n) is 7.90. The number of amides is 1. The van der Waals surface area contributed by atoms with Crippen molar-refractivity contribution in [2.45, 2.75) is 0 Å². The summed E-state index contributed by atoms with van der Waals surface area (Å²) in [7, 11) is 0. The molecule has 5 aromatic rings. The van der Waals surface area contributed by atoms with E-state index in [0.717, 1.165) is 44.5 Å². The molecule has 5 heteroatoms. The maximum atomic E-state index is 12.2. The minimum atomic E-state index is -0.216. The maximum absolute atomic E-state index is 12.2. The van der Waals surface area contributed by atoms with Crippen molar-refractivity contribution in [3.05, 3.63) is 109 Å². The van der Waals surface area contributed by atoms with E-state index in [0.29, 0.717) is 5.56 Å². The van der Waals surface area contributed by atoms with E-state index in [9.17, 15) is 4.79 Å². The highest BCUT2D eigenvalue weighted by molar-refractivity contribution is 5.99. The topological polar surface area (TPSA) is 75.1 Å². The Morgan fingerprint density at radius 1 is 0.765 bits per heavy atom. The van der Waals surface area contributed by atoms with Crippen molar-refractivity contribution in [1.29, 1.82) is 0 Å². The van der Waals surface area contributed by atoms with Crippen LogP contribution >= 0.6 is 0 Å². The molecule has 0 atom stereocenters. The lowest BCUT2D eigenvalue weighted by Gasteiger charge is -2.14. The molecule has 1 amide bonds. The van der Waals surface area contributed by atoms with Gasteiger partial charge in [-0.1, -0.05) is 72.8 Å². The van der Waals surface area contributed by atoms with Gasteiger partial charge in [-0.15, -0.1) is 0 Å². The van der Waals surface area contributed by atoms with Crippen molar-refractivity contribution in [2.24, 2.45) is 0 Å². The second-order valence-corrected chi connectivity index (χ2v) is 7.90. The van der Waals surface area contributed by atoms with Crippen LogP contribution in [0.2, 0.25) is 0 Å². The van der Waals surface area contributed by atoms with E-state index in [1.165, 1.54) is 0 Å². The molecule has 5 nitrogen and oxygen atoms in total. The number of hydrogen-bond acceptors (Lipinski definition) is 4. The quantitative estimate of drug-likeness (QED) is 0.369. The van der Waals surface area contributed by atoms with Gasteiger partial charge in [-0.3, -0.25) is 9.78 Å². The summed E-state index contributed by atoms with van der Waals surface area (Å²) in [5.74, 6) is -0.216. The summed E-state index contributed by atoms with van der Waals surface area (Å²) < 4.78 is 0. The van der Waals surface area contributed by atoms with Crippen LogP contribution in [0.3, 0.4) is 0 Å². The van der Waals surface area contributed by atoms with Gasteiger partial charge in [0, 0.05) is 40.4 Å². The van der Waals surface area contributed by atoms with Crippen LogP contribution in [-0.4, -0.2) is 34.1 Å². The number of aromatic nitrogens is 2. The summed E-state index contributed by atoms with van der Waals surface area (Å²) in [6.07, 6.45) is 1.77. The molecule has 0 unspecified atom stereocenters. The van der Waals surface area contributed by atoms with Crippen LogP contribution in [0.1, 0.15) is 10.4 Å². The number of hydrogen-bond donors (Lipinski definition) is 2. The molecule has 3 aromatic carbocycles. The first-order valence-corrected chi connectivity index (χ1v) is 11.1. The van der Waals surface area contributed by atoms with E-state index in [1.54, 1.807) is 18.3 Å². The van der Waals surface area contributed by atoms with E-state index >= 15 is 0 Å². The summed E-state index contributed by atoms with van der Waals surface area (Å²) in [4.78, 5) is 21.9. The zero-order chi connectivity index (χ0) is 23.3. The van der Waals surface area contributed by atoms with Gasteiger partial charge in [0.25, 0.3) is 5.91 Å². The van der Waals surface area contributed by atoms with Crippen molar-refractivity contribution in [3.8, 4) is 33.6 Å². The molecule has 0 radical (unpaired) electrons. The lowest BCUT2D eigenvalue weighted by atomic mass is 9.96. The molecule has 0 aliphatic heterocycles. The molecule has 2 heterocycles. The van der Waals surface area contributed by atoms with Crippen LogP contribution in [0, 0.1) is 0 Å². The number of fused-ring (bicyclic) bond motifs is 1. The molecule has 0 bridgehead atoms. The van der Waals surface area contributed by atoms with E-state index in [2.05, 4.69) is 40.6 Å². The Hall–Kier alpha value is -4.35. The molecule has 0 aliphatic rings. The molecular formula is C29H23N3O2. The van der Waals surface area contributed by atoms with E-state index in [4.69, 9.17) is 10.1 Å². The minimum Gasteiger partial charge on any atom is -0.395 e. The molecular weight excluding hydrogens is 422 g/mol. The Kier molecular flexibility index (Phi) is 6.10. The second kappa shape index (κ2) is 9.65. The fourth-order valence-electron chi connectivity index (χ4n) is 4.03. The van der Waals surface area contributed by atoms with Gasteiger partial charge < -0.3 is 10.4 Å². The maximum Gasteiger partial charge on any atom is 0.251 e. The van der Waals surface area contributed by atoms with Crippen molar-refractivity contribution in [2.75, 3.05) is 13.2 Å². The third-order valence-electron chi connectivity index (χ3n) is 5.69. The van der Waals surface area contributed by atoms with Crippen LogP contribution in [-0.2, 0) is 0 Å². The summed E-state index contributed by atoms with van der Waals surface area (Å²) in [5, 5.41) is 12.5. The fraction of sp³-hybridized carbons (Fsp3) is 0.0690. The van der Waals surface area contributed by atoms with Gasteiger partial charge in [0.05, 0.1) is 23.5 Å². The molecule has 34 heavy (non-hydrogen) atoms. The molecule has 166 valence electrons. The molecule has 0 spiro atoms. The van der Waals surface area contributed by atoms with E-state index < -0.39 is 0 Å². The van der Waals surface area contributed by atoms with Crippen molar-refractivity contribution >= 4 is 16.8 Å². The third kappa shape index (κ3) is 4.29.